The molecule has 0 atom stereocenters. The summed E-state index contributed by atoms with van der Waals surface area (Å²) in [6, 6.07) is 7.75. The summed E-state index contributed by atoms with van der Waals surface area (Å²) in [5, 5.41) is 2.96. The molecule has 0 aromatic heterocycles. The second-order valence-corrected chi connectivity index (χ2v) is 9.16. The van der Waals surface area contributed by atoms with Crippen molar-refractivity contribution in [3.05, 3.63) is 24.3 Å². The van der Waals surface area contributed by atoms with Crippen molar-refractivity contribution in [3.8, 4) is 0 Å². The number of sulfonamides is 1. The molecule has 0 radical (unpaired) electrons. The molecule has 1 aromatic rings. The van der Waals surface area contributed by atoms with E-state index >= 15 is 0 Å². The highest BCUT2D eigenvalue weighted by Gasteiger charge is 2.29. The van der Waals surface area contributed by atoms with E-state index in [1.165, 1.54) is 10.6 Å². The van der Waals surface area contributed by atoms with Crippen LogP contribution in [-0.4, -0.2) is 63.8 Å². The molecule has 1 heterocycles. The average Bonchev–Trinajstić information content (AvgIpc) is 3.16. The van der Waals surface area contributed by atoms with Gasteiger partial charge in [0.15, 0.2) is 0 Å². The van der Waals surface area contributed by atoms with Crippen LogP contribution in [0.1, 0.15) is 32.1 Å². The molecule has 150 valence electrons. The Balaban J connectivity index is 1.62. The van der Waals surface area contributed by atoms with E-state index in [2.05, 4.69) is 10.2 Å². The molecule has 2 fully saturated rings. The fraction of sp³-hybridized carbons (Fsp3) is 0.632. The zero-order valence-corrected chi connectivity index (χ0v) is 16.7. The first-order valence-electron chi connectivity index (χ1n) is 9.63. The van der Waals surface area contributed by atoms with Gasteiger partial charge in [0.05, 0.1) is 30.8 Å². The predicted molar refractivity (Wildman–Crippen MR) is 107 cm³/mol. The van der Waals surface area contributed by atoms with Crippen LogP contribution in [0.15, 0.2) is 24.3 Å². The zero-order valence-electron chi connectivity index (χ0n) is 15.9. The molecule has 0 bridgehead atoms. The Kier molecular flexibility index (Phi) is 6.73. The molecule has 0 spiro atoms. The normalized spacial score (nSPS) is 18.8. The van der Waals surface area contributed by atoms with E-state index < -0.39 is 10.0 Å². The van der Waals surface area contributed by atoms with Crippen LogP contribution < -0.4 is 10.2 Å². The van der Waals surface area contributed by atoms with Gasteiger partial charge in [-0.05, 0) is 25.0 Å². The Morgan fingerprint density at radius 2 is 1.89 bits per heavy atom. The minimum Gasteiger partial charge on any atom is -0.378 e. The molecule has 2 aliphatic rings. The van der Waals surface area contributed by atoms with E-state index in [0.717, 1.165) is 50.1 Å². The fourth-order valence-electron chi connectivity index (χ4n) is 3.90. The molecule has 0 unspecified atom stereocenters. The molecular weight excluding hydrogens is 366 g/mol. The van der Waals surface area contributed by atoms with Crippen LogP contribution in [0.4, 0.5) is 11.4 Å². The summed E-state index contributed by atoms with van der Waals surface area (Å²) in [5.74, 6) is -0.164. The number of hydrogen-bond acceptors (Lipinski definition) is 5. The summed E-state index contributed by atoms with van der Waals surface area (Å²) >= 11 is 0. The van der Waals surface area contributed by atoms with Crippen molar-refractivity contribution < 1.29 is 17.9 Å². The molecule has 1 aromatic carbocycles. The summed E-state index contributed by atoms with van der Waals surface area (Å²) in [4.78, 5) is 14.7. The van der Waals surface area contributed by atoms with Gasteiger partial charge in [-0.15, -0.1) is 0 Å². The molecule has 1 saturated carbocycles. The minimum atomic E-state index is -3.31. The zero-order chi connectivity index (χ0) is 19.3. The molecule has 1 N–H and O–H groups in total. The van der Waals surface area contributed by atoms with Crippen LogP contribution in [0.3, 0.4) is 0 Å². The summed E-state index contributed by atoms with van der Waals surface area (Å²) in [5.41, 5.74) is 1.74. The van der Waals surface area contributed by atoms with Crippen molar-refractivity contribution in [1.82, 2.24) is 4.31 Å². The third-order valence-electron chi connectivity index (χ3n) is 5.25. The smallest absolute Gasteiger partial charge is 0.225 e. The Labute approximate surface area is 161 Å². The predicted octanol–water partition coefficient (Wildman–Crippen LogP) is 2.06. The minimum absolute atomic E-state index is 0.0356. The number of carbonyl (C=O) groups is 1. The molecule has 27 heavy (non-hydrogen) atoms. The van der Waals surface area contributed by atoms with Gasteiger partial charge in [-0.2, -0.15) is 4.31 Å². The van der Waals surface area contributed by atoms with Crippen molar-refractivity contribution in [2.45, 2.75) is 38.1 Å². The van der Waals surface area contributed by atoms with Crippen LogP contribution >= 0.6 is 0 Å². The van der Waals surface area contributed by atoms with Gasteiger partial charge in [-0.25, -0.2) is 8.42 Å². The third kappa shape index (κ3) is 5.43. The maximum atomic E-state index is 12.5. The molecule has 1 amide bonds. The number of amides is 1. The lowest BCUT2D eigenvalue weighted by molar-refractivity contribution is -0.116. The van der Waals surface area contributed by atoms with E-state index in [4.69, 9.17) is 4.74 Å². The number of ether oxygens (including phenoxy) is 1. The number of carbonyl (C=O) groups excluding carboxylic acids is 1. The van der Waals surface area contributed by atoms with E-state index in [1.807, 2.05) is 24.3 Å². The maximum Gasteiger partial charge on any atom is 0.225 e. The lowest BCUT2D eigenvalue weighted by Crippen LogP contribution is -2.40. The second-order valence-electron chi connectivity index (χ2n) is 7.23. The Morgan fingerprint density at radius 1 is 1.22 bits per heavy atom. The van der Waals surface area contributed by atoms with E-state index in [9.17, 15) is 13.2 Å². The van der Waals surface area contributed by atoms with E-state index in [1.54, 1.807) is 0 Å². The van der Waals surface area contributed by atoms with Gasteiger partial charge in [0, 0.05) is 32.1 Å². The van der Waals surface area contributed by atoms with Gasteiger partial charge in [-0.3, -0.25) is 4.79 Å². The second kappa shape index (κ2) is 9.03. The number of morpholine rings is 1. The van der Waals surface area contributed by atoms with Crippen molar-refractivity contribution in [2.75, 3.05) is 49.3 Å². The van der Waals surface area contributed by atoms with Crippen LogP contribution in [-0.2, 0) is 19.6 Å². The van der Waals surface area contributed by atoms with Gasteiger partial charge >= 0.3 is 0 Å². The Hall–Kier alpha value is -1.64. The number of nitrogens with one attached hydrogen (secondary N) is 1. The molecular formula is C19H29N3O4S. The summed E-state index contributed by atoms with van der Waals surface area (Å²) in [6.45, 7) is 3.15. The molecule has 7 nitrogen and oxygen atoms in total. The first-order valence-corrected chi connectivity index (χ1v) is 11.5. The Bertz CT molecular complexity index is 741. The van der Waals surface area contributed by atoms with Gasteiger partial charge in [0.25, 0.3) is 0 Å². The third-order valence-corrected chi connectivity index (χ3v) is 6.58. The standard InChI is InChI=1S/C19H29N3O4S/c1-27(24,25)22(16-6-2-3-7-16)11-10-19(23)20-17-8-4-5-9-18(17)21-12-14-26-15-13-21/h4-5,8-9,16H,2-3,6-7,10-15H2,1H3,(H,20,23). The van der Waals surface area contributed by atoms with Gasteiger partial charge in [0.1, 0.15) is 0 Å². The number of anilines is 2. The molecule has 3 rings (SSSR count). The van der Waals surface area contributed by atoms with Crippen LogP contribution in [0, 0.1) is 0 Å². The monoisotopic (exact) mass is 395 g/mol. The number of para-hydroxylation sites is 2. The highest BCUT2D eigenvalue weighted by Crippen LogP contribution is 2.27. The SMILES string of the molecule is CS(=O)(=O)N(CCC(=O)Nc1ccccc1N1CCOCC1)C1CCCC1. The van der Waals surface area contributed by atoms with Crippen molar-refractivity contribution in [1.29, 1.82) is 0 Å². The topological polar surface area (TPSA) is 79.0 Å². The molecule has 1 aliphatic carbocycles. The molecule has 1 aliphatic heterocycles. The first-order chi connectivity index (χ1) is 12.9. The number of hydrogen-bond donors (Lipinski definition) is 1. The van der Waals surface area contributed by atoms with Crippen molar-refractivity contribution in [2.24, 2.45) is 0 Å². The first kappa shape index (κ1) is 20.1. The molecule has 1 saturated heterocycles. The highest BCUT2D eigenvalue weighted by atomic mass is 32.2. The summed E-state index contributed by atoms with van der Waals surface area (Å²) < 4.78 is 31.2. The van der Waals surface area contributed by atoms with Gasteiger partial charge in [-0.1, -0.05) is 25.0 Å². The quantitative estimate of drug-likeness (QED) is 0.764. The fourth-order valence-corrected chi connectivity index (χ4v) is 5.07. The summed E-state index contributed by atoms with van der Waals surface area (Å²) in [6.07, 6.45) is 5.26. The number of rotatable bonds is 7. The van der Waals surface area contributed by atoms with Crippen molar-refractivity contribution >= 4 is 27.3 Å². The largest absolute Gasteiger partial charge is 0.378 e. The van der Waals surface area contributed by atoms with E-state index in [-0.39, 0.29) is 24.9 Å². The average molecular weight is 396 g/mol. The number of benzene rings is 1. The van der Waals surface area contributed by atoms with Crippen LogP contribution in [0.5, 0.6) is 0 Å². The number of nitrogens with zero attached hydrogens (tertiary/aromatic N) is 2. The Morgan fingerprint density at radius 3 is 2.56 bits per heavy atom. The lowest BCUT2D eigenvalue weighted by atomic mass is 10.2. The van der Waals surface area contributed by atoms with Crippen molar-refractivity contribution in [3.63, 3.8) is 0 Å². The highest BCUT2D eigenvalue weighted by molar-refractivity contribution is 7.88. The van der Waals surface area contributed by atoms with E-state index in [0.29, 0.717) is 13.2 Å². The molecule has 8 heteroatoms. The van der Waals surface area contributed by atoms with Crippen LogP contribution in [0.2, 0.25) is 0 Å². The summed E-state index contributed by atoms with van der Waals surface area (Å²) in [7, 11) is -3.31. The van der Waals surface area contributed by atoms with Gasteiger partial charge < -0.3 is 15.0 Å². The lowest BCUT2D eigenvalue weighted by Gasteiger charge is -2.30. The van der Waals surface area contributed by atoms with Gasteiger partial charge in [0.2, 0.25) is 15.9 Å². The van der Waals surface area contributed by atoms with Crippen LogP contribution in [0.25, 0.3) is 0 Å². The maximum absolute atomic E-state index is 12.5.